The zero-order valence-electron chi connectivity index (χ0n) is 16.2. The normalized spacial score (nSPS) is 11.7. The number of hydrogen-bond donors (Lipinski definition) is 2. The fourth-order valence-electron chi connectivity index (χ4n) is 2.82. The topological polar surface area (TPSA) is 70.1 Å². The predicted octanol–water partition coefficient (Wildman–Crippen LogP) is 4.57. The number of hydrazone groups is 1. The molecule has 0 saturated carbocycles. The summed E-state index contributed by atoms with van der Waals surface area (Å²) < 4.78 is 13.0. The van der Waals surface area contributed by atoms with Crippen molar-refractivity contribution in [3.05, 3.63) is 77.2 Å². The quantitative estimate of drug-likeness (QED) is 0.487. The number of aromatic amines is 1. The molecule has 0 bridgehead atoms. The van der Waals surface area contributed by atoms with Crippen LogP contribution in [0.15, 0.2) is 59.7 Å². The first-order chi connectivity index (χ1) is 13.4. The van der Waals surface area contributed by atoms with Crippen molar-refractivity contribution < 1.29 is 9.18 Å². The molecule has 144 valence electrons. The lowest BCUT2D eigenvalue weighted by atomic mass is 10.0. The number of amides is 1. The van der Waals surface area contributed by atoms with E-state index in [1.54, 1.807) is 25.1 Å². The second-order valence-electron chi connectivity index (χ2n) is 7.11. The fourth-order valence-corrected chi connectivity index (χ4v) is 2.82. The fraction of sp³-hybridized carbons (Fsp3) is 0.227. The first-order valence-electron chi connectivity index (χ1n) is 9.17. The highest BCUT2D eigenvalue weighted by Crippen LogP contribution is 2.19. The summed E-state index contributed by atoms with van der Waals surface area (Å²) in [6.07, 6.45) is 1.03. The summed E-state index contributed by atoms with van der Waals surface area (Å²) in [6.45, 7) is 6.12. The van der Waals surface area contributed by atoms with Gasteiger partial charge in [0.25, 0.3) is 5.91 Å². The molecule has 0 aliphatic heterocycles. The van der Waals surface area contributed by atoms with Crippen molar-refractivity contribution in [2.45, 2.75) is 27.2 Å². The largest absolute Gasteiger partial charge is 0.289 e. The molecule has 6 heteroatoms. The van der Waals surface area contributed by atoms with Crippen LogP contribution in [0, 0.1) is 11.7 Å². The molecule has 3 aromatic rings. The lowest BCUT2D eigenvalue weighted by Crippen LogP contribution is -2.19. The van der Waals surface area contributed by atoms with Crippen LogP contribution < -0.4 is 5.43 Å². The van der Waals surface area contributed by atoms with Crippen LogP contribution in [-0.4, -0.2) is 21.8 Å². The minimum atomic E-state index is -0.392. The van der Waals surface area contributed by atoms with E-state index in [1.807, 2.05) is 12.1 Å². The van der Waals surface area contributed by atoms with Gasteiger partial charge in [-0.1, -0.05) is 50.2 Å². The Kier molecular flexibility index (Phi) is 5.99. The van der Waals surface area contributed by atoms with E-state index >= 15 is 0 Å². The van der Waals surface area contributed by atoms with E-state index in [9.17, 15) is 9.18 Å². The van der Waals surface area contributed by atoms with Crippen molar-refractivity contribution in [3.63, 3.8) is 0 Å². The number of nitrogens with zero attached hydrogens (tertiary/aromatic N) is 2. The predicted molar refractivity (Wildman–Crippen MR) is 109 cm³/mol. The van der Waals surface area contributed by atoms with Gasteiger partial charge in [0, 0.05) is 5.56 Å². The standard InChI is InChI=1S/C22H23FN4O/c1-14(2)12-16-4-6-18(7-5-16)20-13-21(26-25-20)22(28)27-24-15(3)17-8-10-19(23)11-9-17/h4-11,13-14H,12H2,1-3H3,(H,25,26)(H,27,28)/b24-15+. The molecule has 5 nitrogen and oxygen atoms in total. The monoisotopic (exact) mass is 378 g/mol. The molecule has 2 N–H and O–H groups in total. The number of aromatic nitrogens is 2. The van der Waals surface area contributed by atoms with Crippen LogP contribution in [0.4, 0.5) is 4.39 Å². The first-order valence-corrected chi connectivity index (χ1v) is 9.17. The number of benzene rings is 2. The summed E-state index contributed by atoms with van der Waals surface area (Å²) >= 11 is 0. The van der Waals surface area contributed by atoms with Gasteiger partial charge in [0.1, 0.15) is 11.5 Å². The van der Waals surface area contributed by atoms with Gasteiger partial charge < -0.3 is 0 Å². The van der Waals surface area contributed by atoms with Crippen LogP contribution in [-0.2, 0) is 6.42 Å². The van der Waals surface area contributed by atoms with E-state index < -0.39 is 5.91 Å². The average Bonchev–Trinajstić information content (AvgIpc) is 3.17. The van der Waals surface area contributed by atoms with Crippen molar-refractivity contribution in [3.8, 4) is 11.3 Å². The Morgan fingerprint density at radius 1 is 1.14 bits per heavy atom. The molecule has 2 aromatic carbocycles. The molecule has 28 heavy (non-hydrogen) atoms. The molecule has 3 rings (SSSR count). The molecule has 1 heterocycles. The Balaban J connectivity index is 1.66. The van der Waals surface area contributed by atoms with Gasteiger partial charge in [-0.2, -0.15) is 10.2 Å². The Morgan fingerprint density at radius 3 is 2.46 bits per heavy atom. The number of hydrogen-bond acceptors (Lipinski definition) is 3. The highest BCUT2D eigenvalue weighted by Gasteiger charge is 2.11. The van der Waals surface area contributed by atoms with Gasteiger partial charge >= 0.3 is 0 Å². The molecule has 0 saturated heterocycles. The van der Waals surface area contributed by atoms with Crippen LogP contribution in [0.3, 0.4) is 0 Å². The molecular weight excluding hydrogens is 355 g/mol. The summed E-state index contributed by atoms with van der Waals surface area (Å²) in [4.78, 5) is 12.3. The summed E-state index contributed by atoms with van der Waals surface area (Å²) in [7, 11) is 0. The molecule has 0 atom stereocenters. The highest BCUT2D eigenvalue weighted by molar-refractivity contribution is 6.00. The van der Waals surface area contributed by atoms with E-state index in [4.69, 9.17) is 0 Å². The van der Waals surface area contributed by atoms with Crippen molar-refractivity contribution >= 4 is 11.6 Å². The van der Waals surface area contributed by atoms with E-state index in [0.717, 1.165) is 17.5 Å². The van der Waals surface area contributed by atoms with Crippen LogP contribution >= 0.6 is 0 Å². The van der Waals surface area contributed by atoms with Gasteiger partial charge in [-0.15, -0.1) is 0 Å². The number of halogens is 1. The van der Waals surface area contributed by atoms with Crippen molar-refractivity contribution in [1.82, 2.24) is 15.6 Å². The minimum absolute atomic E-state index is 0.317. The molecule has 0 aliphatic carbocycles. The van der Waals surface area contributed by atoms with Gasteiger partial charge in [0.15, 0.2) is 0 Å². The van der Waals surface area contributed by atoms with Crippen molar-refractivity contribution in [2.24, 2.45) is 11.0 Å². The van der Waals surface area contributed by atoms with E-state index in [-0.39, 0.29) is 5.82 Å². The first kappa shape index (κ1) is 19.5. The molecule has 1 aromatic heterocycles. The van der Waals surface area contributed by atoms with Crippen molar-refractivity contribution in [2.75, 3.05) is 0 Å². The molecule has 0 fully saturated rings. The Hall–Kier alpha value is -3.28. The molecular formula is C22H23FN4O. The second kappa shape index (κ2) is 8.61. The lowest BCUT2D eigenvalue weighted by molar-refractivity contribution is 0.0950. The maximum Gasteiger partial charge on any atom is 0.289 e. The molecule has 0 spiro atoms. The molecule has 0 radical (unpaired) electrons. The third-order valence-corrected chi connectivity index (χ3v) is 4.30. The van der Waals surface area contributed by atoms with Crippen molar-refractivity contribution in [1.29, 1.82) is 0 Å². The van der Waals surface area contributed by atoms with Crippen LogP contribution in [0.5, 0.6) is 0 Å². The number of carbonyl (C=O) groups is 1. The van der Waals surface area contributed by atoms with Gasteiger partial charge in [-0.05, 0) is 48.6 Å². The van der Waals surface area contributed by atoms with Gasteiger partial charge in [0.05, 0.1) is 11.4 Å². The SMILES string of the molecule is C/C(=N\NC(=O)c1cc(-c2ccc(CC(C)C)cc2)n[nH]1)c1ccc(F)cc1. The average molecular weight is 378 g/mol. The zero-order valence-corrected chi connectivity index (χ0v) is 16.2. The molecule has 0 unspecified atom stereocenters. The van der Waals surface area contributed by atoms with Crippen LogP contribution in [0.25, 0.3) is 11.3 Å². The Bertz CT molecular complexity index is 973. The van der Waals surface area contributed by atoms with Gasteiger partial charge in [-0.25, -0.2) is 9.82 Å². The lowest BCUT2D eigenvalue weighted by Gasteiger charge is -2.05. The molecule has 0 aliphatic rings. The second-order valence-corrected chi connectivity index (χ2v) is 7.11. The van der Waals surface area contributed by atoms with E-state index in [2.05, 4.69) is 46.7 Å². The summed E-state index contributed by atoms with van der Waals surface area (Å²) in [6, 6.07) is 15.8. The summed E-state index contributed by atoms with van der Waals surface area (Å²) in [5.41, 5.74) is 7.03. The van der Waals surface area contributed by atoms with Crippen LogP contribution in [0.1, 0.15) is 42.4 Å². The maximum absolute atomic E-state index is 13.0. The van der Waals surface area contributed by atoms with E-state index in [0.29, 0.717) is 23.0 Å². The summed E-state index contributed by atoms with van der Waals surface area (Å²) in [5, 5.41) is 11.0. The number of nitrogens with one attached hydrogen (secondary N) is 2. The Morgan fingerprint density at radius 2 is 1.82 bits per heavy atom. The number of rotatable bonds is 6. The number of H-pyrrole nitrogens is 1. The van der Waals surface area contributed by atoms with Gasteiger partial charge in [-0.3, -0.25) is 9.89 Å². The number of carbonyl (C=O) groups excluding carboxylic acids is 1. The Labute approximate surface area is 163 Å². The highest BCUT2D eigenvalue weighted by atomic mass is 19.1. The molecule has 1 amide bonds. The third kappa shape index (κ3) is 4.91. The van der Waals surface area contributed by atoms with Crippen LogP contribution in [0.2, 0.25) is 0 Å². The summed E-state index contributed by atoms with van der Waals surface area (Å²) in [5.74, 6) is -0.107. The zero-order chi connectivity index (χ0) is 20.1. The van der Waals surface area contributed by atoms with Gasteiger partial charge in [0.2, 0.25) is 0 Å². The smallest absolute Gasteiger partial charge is 0.272 e. The maximum atomic E-state index is 13.0. The van der Waals surface area contributed by atoms with E-state index in [1.165, 1.54) is 17.7 Å². The minimum Gasteiger partial charge on any atom is -0.272 e. The third-order valence-electron chi connectivity index (χ3n) is 4.30.